The van der Waals surface area contributed by atoms with Crippen LogP contribution < -0.4 is 10.3 Å². The Balaban J connectivity index is 1.49. The molecule has 0 aliphatic carbocycles. The molecule has 0 spiro atoms. The summed E-state index contributed by atoms with van der Waals surface area (Å²) in [6, 6.07) is 12.1. The summed E-state index contributed by atoms with van der Waals surface area (Å²) >= 11 is 1.07. The molecule has 0 aliphatic rings. The lowest BCUT2D eigenvalue weighted by Crippen LogP contribution is -2.21. The summed E-state index contributed by atoms with van der Waals surface area (Å²) < 4.78 is 25.6. The zero-order chi connectivity index (χ0) is 25.7. The van der Waals surface area contributed by atoms with Gasteiger partial charge in [-0.15, -0.1) is 11.3 Å². The average Bonchev–Trinajstić information content (AvgIpc) is 3.21. The number of carbonyl (C=O) groups is 2. The van der Waals surface area contributed by atoms with Gasteiger partial charge in [0, 0.05) is 0 Å². The normalized spacial score (nSPS) is 11.0. The Hall–Kier alpha value is -3.85. The Morgan fingerprint density at radius 3 is 2.58 bits per heavy atom. The molecule has 4 rings (SSSR count). The van der Waals surface area contributed by atoms with Crippen molar-refractivity contribution in [2.45, 2.75) is 39.7 Å². The van der Waals surface area contributed by atoms with Crippen LogP contribution in [0.2, 0.25) is 0 Å². The third-order valence-corrected chi connectivity index (χ3v) is 6.81. The Bertz CT molecular complexity index is 1460. The van der Waals surface area contributed by atoms with Gasteiger partial charge in [-0.3, -0.25) is 9.36 Å². The van der Waals surface area contributed by atoms with Crippen LogP contribution in [0.5, 0.6) is 5.75 Å². The molecule has 0 saturated carbocycles. The standard InChI is InChI=1S/C27H25FN2O5S/c1-3-4-5-13-34-26(32)19-9-11-21(12-10-19)35-27(33)23-17(2)22-24(36-23)29-16-30(25(22)31)15-18-7-6-8-20(28)14-18/h6-12,14,16H,3-5,13,15H2,1-2H3. The van der Waals surface area contributed by atoms with Crippen LogP contribution in [-0.4, -0.2) is 28.1 Å². The average molecular weight is 509 g/mol. The van der Waals surface area contributed by atoms with Crippen LogP contribution in [0, 0.1) is 12.7 Å². The van der Waals surface area contributed by atoms with Crippen LogP contribution in [-0.2, 0) is 11.3 Å². The third kappa shape index (κ3) is 5.68. The molecular formula is C27H25FN2O5S. The van der Waals surface area contributed by atoms with Gasteiger partial charge >= 0.3 is 11.9 Å². The van der Waals surface area contributed by atoms with Crippen molar-refractivity contribution in [3.05, 3.63) is 92.6 Å². The lowest BCUT2D eigenvalue weighted by atomic mass is 10.2. The van der Waals surface area contributed by atoms with E-state index in [9.17, 15) is 18.8 Å². The summed E-state index contributed by atoms with van der Waals surface area (Å²) in [4.78, 5) is 43.1. The highest BCUT2D eigenvalue weighted by atomic mass is 32.1. The highest BCUT2D eigenvalue weighted by Crippen LogP contribution is 2.28. The highest BCUT2D eigenvalue weighted by Gasteiger charge is 2.21. The number of unbranched alkanes of at least 4 members (excludes halogenated alkanes) is 2. The Morgan fingerprint density at radius 2 is 1.86 bits per heavy atom. The van der Waals surface area contributed by atoms with Crippen LogP contribution in [0.25, 0.3) is 10.2 Å². The maximum atomic E-state index is 13.5. The van der Waals surface area contributed by atoms with Gasteiger partial charge in [0.2, 0.25) is 0 Å². The van der Waals surface area contributed by atoms with Gasteiger partial charge in [-0.25, -0.2) is 19.0 Å². The Labute approximate surface area is 211 Å². The zero-order valence-electron chi connectivity index (χ0n) is 20.0. The summed E-state index contributed by atoms with van der Waals surface area (Å²) in [7, 11) is 0. The maximum Gasteiger partial charge on any atom is 0.354 e. The lowest BCUT2D eigenvalue weighted by Gasteiger charge is -2.07. The van der Waals surface area contributed by atoms with Crippen molar-refractivity contribution in [1.29, 1.82) is 0 Å². The van der Waals surface area contributed by atoms with Crippen molar-refractivity contribution in [3.8, 4) is 5.75 Å². The fourth-order valence-electron chi connectivity index (χ4n) is 3.71. The van der Waals surface area contributed by atoms with Gasteiger partial charge in [0.1, 0.15) is 21.3 Å². The first-order valence-electron chi connectivity index (χ1n) is 11.6. The monoisotopic (exact) mass is 508 g/mol. The zero-order valence-corrected chi connectivity index (χ0v) is 20.8. The van der Waals surface area contributed by atoms with Crippen LogP contribution in [0.15, 0.2) is 59.7 Å². The minimum atomic E-state index is -0.624. The number of aryl methyl sites for hydroxylation is 1. The topological polar surface area (TPSA) is 87.5 Å². The first-order chi connectivity index (χ1) is 17.4. The molecule has 7 nitrogen and oxygen atoms in total. The van der Waals surface area contributed by atoms with Gasteiger partial charge in [0.05, 0.1) is 30.4 Å². The predicted molar refractivity (Wildman–Crippen MR) is 135 cm³/mol. The first kappa shape index (κ1) is 25.2. The van der Waals surface area contributed by atoms with Crippen molar-refractivity contribution >= 4 is 33.5 Å². The molecule has 0 radical (unpaired) electrons. The number of benzene rings is 2. The number of ether oxygens (including phenoxy) is 2. The number of carbonyl (C=O) groups excluding carboxylic acids is 2. The van der Waals surface area contributed by atoms with E-state index in [-0.39, 0.29) is 28.5 Å². The molecule has 0 bridgehead atoms. The number of halogens is 1. The van der Waals surface area contributed by atoms with Crippen LogP contribution in [0.3, 0.4) is 0 Å². The number of nitrogens with zero attached hydrogens (tertiary/aromatic N) is 2. The molecule has 0 aliphatic heterocycles. The third-order valence-electron chi connectivity index (χ3n) is 5.63. The predicted octanol–water partition coefficient (Wildman–Crippen LogP) is 5.52. The largest absolute Gasteiger partial charge is 0.462 e. The van der Waals surface area contributed by atoms with Gasteiger partial charge in [0.25, 0.3) is 5.56 Å². The van der Waals surface area contributed by atoms with Gasteiger partial charge in [-0.2, -0.15) is 0 Å². The number of thiophene rings is 1. The van der Waals surface area contributed by atoms with Crippen molar-refractivity contribution < 1.29 is 23.5 Å². The second-order valence-electron chi connectivity index (χ2n) is 8.30. The second-order valence-corrected chi connectivity index (χ2v) is 9.30. The van der Waals surface area contributed by atoms with E-state index < -0.39 is 11.9 Å². The summed E-state index contributed by atoms with van der Waals surface area (Å²) in [5.41, 5.74) is 1.14. The van der Waals surface area contributed by atoms with Crippen LogP contribution in [0.4, 0.5) is 4.39 Å². The molecule has 0 saturated heterocycles. The summed E-state index contributed by atoms with van der Waals surface area (Å²) in [6.45, 7) is 4.26. The number of hydrogen-bond acceptors (Lipinski definition) is 7. The summed E-state index contributed by atoms with van der Waals surface area (Å²) in [5.74, 6) is -1.18. The number of rotatable bonds is 9. The fraction of sp³-hybridized carbons (Fsp3) is 0.259. The molecule has 36 heavy (non-hydrogen) atoms. The highest BCUT2D eigenvalue weighted by molar-refractivity contribution is 7.20. The SMILES string of the molecule is CCCCCOC(=O)c1ccc(OC(=O)c2sc3ncn(Cc4cccc(F)c4)c(=O)c3c2C)cc1. The van der Waals surface area contributed by atoms with Crippen LogP contribution >= 0.6 is 11.3 Å². The molecule has 0 amide bonds. The van der Waals surface area contributed by atoms with E-state index in [0.717, 1.165) is 30.6 Å². The summed E-state index contributed by atoms with van der Waals surface area (Å²) in [5, 5.41) is 0.326. The second kappa shape index (κ2) is 11.3. The number of fused-ring (bicyclic) bond motifs is 1. The van der Waals surface area contributed by atoms with Crippen LogP contribution in [0.1, 0.15) is 57.3 Å². The van der Waals surface area contributed by atoms with Crippen molar-refractivity contribution in [2.24, 2.45) is 0 Å². The molecule has 2 aromatic carbocycles. The van der Waals surface area contributed by atoms with Gasteiger partial charge < -0.3 is 9.47 Å². The minimum Gasteiger partial charge on any atom is -0.462 e. The van der Waals surface area contributed by atoms with Crippen molar-refractivity contribution in [3.63, 3.8) is 0 Å². The number of aromatic nitrogens is 2. The molecule has 4 aromatic rings. The summed E-state index contributed by atoms with van der Waals surface area (Å²) in [6.07, 6.45) is 4.24. The molecule has 186 valence electrons. The first-order valence-corrected chi connectivity index (χ1v) is 12.4. The minimum absolute atomic E-state index is 0.155. The molecule has 0 atom stereocenters. The fourth-order valence-corrected chi connectivity index (χ4v) is 4.73. The van der Waals surface area contributed by atoms with E-state index in [4.69, 9.17) is 9.47 Å². The van der Waals surface area contributed by atoms with E-state index in [0.29, 0.717) is 33.5 Å². The van der Waals surface area contributed by atoms with Crippen molar-refractivity contribution in [2.75, 3.05) is 6.61 Å². The van der Waals surface area contributed by atoms with E-state index in [1.165, 1.54) is 47.3 Å². The molecule has 0 fully saturated rings. The van der Waals surface area contributed by atoms with Gasteiger partial charge in [0.15, 0.2) is 0 Å². The van der Waals surface area contributed by atoms with Gasteiger partial charge in [-0.1, -0.05) is 31.9 Å². The molecule has 2 aromatic heterocycles. The quantitative estimate of drug-likeness (QED) is 0.168. The molecule has 9 heteroatoms. The van der Waals surface area contributed by atoms with E-state index in [1.807, 2.05) is 0 Å². The molecule has 0 unspecified atom stereocenters. The molecule has 0 N–H and O–H groups in total. The molecular weight excluding hydrogens is 483 g/mol. The van der Waals surface area contributed by atoms with E-state index in [2.05, 4.69) is 11.9 Å². The van der Waals surface area contributed by atoms with E-state index in [1.54, 1.807) is 19.1 Å². The number of esters is 2. The number of hydrogen-bond donors (Lipinski definition) is 0. The smallest absolute Gasteiger partial charge is 0.354 e. The Kier molecular flexibility index (Phi) is 7.90. The Morgan fingerprint density at radius 1 is 1.08 bits per heavy atom. The lowest BCUT2D eigenvalue weighted by molar-refractivity contribution is 0.0498. The maximum absolute atomic E-state index is 13.5. The molecule has 2 heterocycles. The van der Waals surface area contributed by atoms with Crippen molar-refractivity contribution in [1.82, 2.24) is 9.55 Å². The van der Waals surface area contributed by atoms with Gasteiger partial charge in [-0.05, 0) is 60.9 Å². The van der Waals surface area contributed by atoms with E-state index >= 15 is 0 Å².